The van der Waals surface area contributed by atoms with E-state index in [1.807, 2.05) is 0 Å². The van der Waals surface area contributed by atoms with Gasteiger partial charge in [0.2, 0.25) is 11.8 Å². The summed E-state index contributed by atoms with van der Waals surface area (Å²) in [7, 11) is 3.64. The van der Waals surface area contributed by atoms with Crippen LogP contribution in [0.3, 0.4) is 0 Å². The van der Waals surface area contributed by atoms with Gasteiger partial charge in [-0.05, 0) is 51.7 Å². The maximum atomic E-state index is 12.5. The van der Waals surface area contributed by atoms with Gasteiger partial charge in [-0.15, -0.1) is 0 Å². The van der Waals surface area contributed by atoms with Crippen molar-refractivity contribution in [3.63, 3.8) is 0 Å². The standard InChI is InChI=1S/C17H29N3O4/c1-19-6-4-13(5-7-19)18-17(22)14-9-12-3-8-20(10-15(12)24-14)16(21)11-23-2/h12-15H,3-11H2,1-2H3,(H,18,22)/t12-,14+,15-/m0/s1. The van der Waals surface area contributed by atoms with Crippen molar-refractivity contribution in [2.75, 3.05) is 46.9 Å². The quantitative estimate of drug-likeness (QED) is 0.771. The Hall–Kier alpha value is -1.18. The largest absolute Gasteiger partial charge is 0.375 e. The predicted molar refractivity (Wildman–Crippen MR) is 88.5 cm³/mol. The lowest BCUT2D eigenvalue weighted by Gasteiger charge is -2.33. The lowest BCUT2D eigenvalue weighted by atomic mass is 9.91. The Bertz CT molecular complexity index is 465. The number of hydrogen-bond donors (Lipinski definition) is 1. The van der Waals surface area contributed by atoms with Crippen molar-refractivity contribution in [2.24, 2.45) is 5.92 Å². The Morgan fingerprint density at radius 3 is 2.67 bits per heavy atom. The van der Waals surface area contributed by atoms with E-state index < -0.39 is 0 Å². The Labute approximate surface area is 143 Å². The highest BCUT2D eigenvalue weighted by molar-refractivity contribution is 5.81. The molecular weight excluding hydrogens is 310 g/mol. The third-order valence-electron chi connectivity index (χ3n) is 5.53. The zero-order valence-electron chi connectivity index (χ0n) is 14.7. The van der Waals surface area contributed by atoms with Gasteiger partial charge in [-0.1, -0.05) is 0 Å². The van der Waals surface area contributed by atoms with Crippen LogP contribution in [0.2, 0.25) is 0 Å². The molecule has 3 fully saturated rings. The fraction of sp³-hybridized carbons (Fsp3) is 0.882. The highest BCUT2D eigenvalue weighted by atomic mass is 16.5. The summed E-state index contributed by atoms with van der Waals surface area (Å²) in [5.74, 6) is 0.400. The molecule has 3 aliphatic heterocycles. The summed E-state index contributed by atoms with van der Waals surface area (Å²) in [5.41, 5.74) is 0. The molecule has 3 aliphatic rings. The minimum Gasteiger partial charge on any atom is -0.375 e. The second-order valence-electron chi connectivity index (χ2n) is 7.31. The maximum Gasteiger partial charge on any atom is 0.249 e. The van der Waals surface area contributed by atoms with Crippen molar-refractivity contribution in [1.29, 1.82) is 0 Å². The van der Waals surface area contributed by atoms with E-state index in [1.54, 1.807) is 4.90 Å². The summed E-state index contributed by atoms with van der Waals surface area (Å²) < 4.78 is 10.9. The van der Waals surface area contributed by atoms with Gasteiger partial charge in [-0.25, -0.2) is 0 Å². The van der Waals surface area contributed by atoms with E-state index in [0.29, 0.717) is 12.5 Å². The van der Waals surface area contributed by atoms with Crippen molar-refractivity contribution >= 4 is 11.8 Å². The number of likely N-dealkylation sites (tertiary alicyclic amines) is 2. The van der Waals surface area contributed by atoms with Crippen LogP contribution in [-0.4, -0.2) is 86.8 Å². The topological polar surface area (TPSA) is 71.1 Å². The van der Waals surface area contributed by atoms with Gasteiger partial charge in [0, 0.05) is 26.2 Å². The van der Waals surface area contributed by atoms with Gasteiger partial charge in [-0.2, -0.15) is 0 Å². The van der Waals surface area contributed by atoms with Crippen LogP contribution in [0, 0.1) is 5.92 Å². The summed E-state index contributed by atoms with van der Waals surface area (Å²) in [6, 6.07) is 0.264. The molecule has 0 aliphatic carbocycles. The van der Waals surface area contributed by atoms with Gasteiger partial charge >= 0.3 is 0 Å². The van der Waals surface area contributed by atoms with E-state index in [0.717, 1.165) is 45.3 Å². The fourth-order valence-corrected chi connectivity index (χ4v) is 3.99. The number of rotatable bonds is 4. The highest BCUT2D eigenvalue weighted by Crippen LogP contribution is 2.33. The van der Waals surface area contributed by atoms with Crippen LogP contribution < -0.4 is 5.32 Å². The molecule has 7 nitrogen and oxygen atoms in total. The number of nitrogens with zero attached hydrogens (tertiary/aromatic N) is 2. The van der Waals surface area contributed by atoms with Gasteiger partial charge in [0.25, 0.3) is 0 Å². The van der Waals surface area contributed by atoms with Crippen LogP contribution in [0.5, 0.6) is 0 Å². The molecule has 2 amide bonds. The van der Waals surface area contributed by atoms with E-state index in [2.05, 4.69) is 17.3 Å². The van der Waals surface area contributed by atoms with E-state index >= 15 is 0 Å². The Kier molecular flexibility index (Phi) is 5.73. The molecule has 0 spiro atoms. The number of fused-ring (bicyclic) bond motifs is 1. The van der Waals surface area contributed by atoms with E-state index in [1.165, 1.54) is 7.11 Å². The van der Waals surface area contributed by atoms with Crippen molar-refractivity contribution in [2.45, 2.75) is 43.9 Å². The Morgan fingerprint density at radius 2 is 1.96 bits per heavy atom. The average Bonchev–Trinajstić information content (AvgIpc) is 3.00. The van der Waals surface area contributed by atoms with Gasteiger partial charge < -0.3 is 24.6 Å². The van der Waals surface area contributed by atoms with Crippen molar-refractivity contribution in [3.8, 4) is 0 Å². The third kappa shape index (κ3) is 4.07. The van der Waals surface area contributed by atoms with Crippen LogP contribution in [-0.2, 0) is 19.1 Å². The summed E-state index contributed by atoms with van der Waals surface area (Å²) >= 11 is 0. The highest BCUT2D eigenvalue weighted by Gasteiger charge is 2.43. The summed E-state index contributed by atoms with van der Waals surface area (Å²) in [6.45, 7) is 3.47. The van der Waals surface area contributed by atoms with Crippen LogP contribution >= 0.6 is 0 Å². The molecule has 3 rings (SSSR count). The number of carbonyl (C=O) groups excluding carboxylic acids is 2. The summed E-state index contributed by atoms with van der Waals surface area (Å²) in [5, 5.41) is 3.15. The number of amides is 2. The van der Waals surface area contributed by atoms with Crippen molar-refractivity contribution in [1.82, 2.24) is 15.1 Å². The molecule has 0 aromatic rings. The monoisotopic (exact) mass is 339 g/mol. The molecule has 3 saturated heterocycles. The average molecular weight is 339 g/mol. The summed E-state index contributed by atoms with van der Waals surface area (Å²) in [6.07, 6.45) is 3.29. The minimum absolute atomic E-state index is 0.00113. The maximum absolute atomic E-state index is 12.5. The van der Waals surface area contributed by atoms with Gasteiger partial charge in [0.1, 0.15) is 12.7 Å². The molecule has 3 atom stereocenters. The lowest BCUT2D eigenvalue weighted by Crippen LogP contribution is -2.47. The molecule has 0 aromatic carbocycles. The van der Waals surface area contributed by atoms with Crippen LogP contribution in [0.25, 0.3) is 0 Å². The van der Waals surface area contributed by atoms with Crippen LogP contribution in [0.4, 0.5) is 0 Å². The van der Waals surface area contributed by atoms with Crippen molar-refractivity contribution < 1.29 is 19.1 Å². The SMILES string of the molecule is COCC(=O)N1CC[C@H]2C[C@H](C(=O)NC3CCN(C)CC3)O[C@H]2C1. The molecular formula is C17H29N3O4. The number of piperidine rings is 2. The van der Waals surface area contributed by atoms with E-state index in [-0.39, 0.29) is 36.7 Å². The zero-order valence-corrected chi connectivity index (χ0v) is 14.7. The normalized spacial score (nSPS) is 31.8. The number of hydrogen-bond acceptors (Lipinski definition) is 5. The first-order chi connectivity index (χ1) is 11.6. The molecule has 0 saturated carbocycles. The minimum atomic E-state index is -0.364. The van der Waals surface area contributed by atoms with Crippen LogP contribution in [0.15, 0.2) is 0 Å². The molecule has 136 valence electrons. The van der Waals surface area contributed by atoms with E-state index in [4.69, 9.17) is 9.47 Å². The van der Waals surface area contributed by atoms with Gasteiger partial charge in [0.05, 0.1) is 6.10 Å². The van der Waals surface area contributed by atoms with E-state index in [9.17, 15) is 9.59 Å². The fourth-order valence-electron chi connectivity index (χ4n) is 3.99. The molecule has 0 aromatic heterocycles. The first-order valence-corrected chi connectivity index (χ1v) is 8.98. The van der Waals surface area contributed by atoms with Gasteiger partial charge in [-0.3, -0.25) is 9.59 Å². The van der Waals surface area contributed by atoms with Crippen molar-refractivity contribution in [3.05, 3.63) is 0 Å². The smallest absolute Gasteiger partial charge is 0.249 e. The molecule has 0 bridgehead atoms. The number of carbonyl (C=O) groups is 2. The number of methoxy groups -OCH3 is 1. The molecule has 0 radical (unpaired) electrons. The molecule has 0 unspecified atom stereocenters. The first kappa shape index (κ1) is 17.6. The van der Waals surface area contributed by atoms with Gasteiger partial charge in [0.15, 0.2) is 0 Å². The Morgan fingerprint density at radius 1 is 1.21 bits per heavy atom. The number of nitrogens with one attached hydrogen (secondary N) is 1. The molecule has 1 N–H and O–H groups in total. The zero-order chi connectivity index (χ0) is 17.1. The molecule has 3 heterocycles. The Balaban J connectivity index is 1.48. The predicted octanol–water partition coefficient (Wildman–Crippen LogP) is -0.151. The molecule has 24 heavy (non-hydrogen) atoms. The van der Waals surface area contributed by atoms with Crippen LogP contribution in [0.1, 0.15) is 25.7 Å². The third-order valence-corrected chi connectivity index (χ3v) is 5.53. The first-order valence-electron chi connectivity index (χ1n) is 8.98. The summed E-state index contributed by atoms with van der Waals surface area (Å²) in [4.78, 5) is 28.5. The molecule has 7 heteroatoms. The number of ether oxygens (including phenoxy) is 2. The second-order valence-corrected chi connectivity index (χ2v) is 7.31. The second kappa shape index (κ2) is 7.80. The lowest BCUT2D eigenvalue weighted by molar-refractivity contribution is -0.141.